The number of halogens is 1. The number of aryl methyl sites for hydroxylation is 1. The zero-order valence-corrected chi connectivity index (χ0v) is 10.8. The van der Waals surface area contributed by atoms with Crippen molar-refractivity contribution in [1.82, 2.24) is 14.9 Å². The van der Waals surface area contributed by atoms with Crippen molar-refractivity contribution in [3.63, 3.8) is 0 Å². The van der Waals surface area contributed by atoms with Crippen LogP contribution in [0.25, 0.3) is 0 Å². The van der Waals surface area contributed by atoms with Gasteiger partial charge in [-0.05, 0) is 18.2 Å². The molecule has 1 atom stereocenters. The number of imidazole rings is 1. The normalized spacial score (nSPS) is 17.3. The second kappa shape index (κ2) is 5.01. The van der Waals surface area contributed by atoms with Gasteiger partial charge in [0.2, 0.25) is 0 Å². The Balaban J connectivity index is 1.52. The number of hydrogen-bond acceptors (Lipinski definition) is 3. The molecule has 1 aliphatic heterocycles. The lowest BCUT2D eigenvalue weighted by molar-refractivity contribution is 0.226. The second-order valence-corrected chi connectivity index (χ2v) is 4.78. The predicted octanol–water partition coefficient (Wildman–Crippen LogP) is 1.65. The molecule has 4 nitrogen and oxygen atoms in total. The average molecular weight is 261 g/mol. The highest BCUT2D eigenvalue weighted by atomic mass is 19.1. The summed E-state index contributed by atoms with van der Waals surface area (Å²) < 4.78 is 20.8. The van der Waals surface area contributed by atoms with E-state index in [1.165, 1.54) is 6.07 Å². The first-order valence-corrected chi connectivity index (χ1v) is 6.34. The molecule has 1 aromatic carbocycles. The Hall–Kier alpha value is -1.88. The van der Waals surface area contributed by atoms with Gasteiger partial charge in [-0.2, -0.15) is 0 Å². The highest BCUT2D eigenvalue weighted by Crippen LogP contribution is 2.28. The number of benzene rings is 1. The van der Waals surface area contributed by atoms with E-state index < -0.39 is 0 Å². The highest BCUT2D eigenvalue weighted by Gasteiger charge is 2.22. The fourth-order valence-corrected chi connectivity index (χ4v) is 2.31. The zero-order valence-electron chi connectivity index (χ0n) is 10.8. The van der Waals surface area contributed by atoms with E-state index in [0.717, 1.165) is 30.1 Å². The third kappa shape index (κ3) is 2.61. The molecular formula is C14H16FN3O. The molecule has 1 aromatic heterocycles. The Bertz CT molecular complexity index is 582. The topological polar surface area (TPSA) is 39.1 Å². The van der Waals surface area contributed by atoms with Gasteiger partial charge in [0.25, 0.3) is 0 Å². The van der Waals surface area contributed by atoms with Gasteiger partial charge in [-0.25, -0.2) is 9.37 Å². The van der Waals surface area contributed by atoms with E-state index in [1.807, 2.05) is 17.8 Å². The number of hydrogen-bond donors (Lipinski definition) is 1. The van der Waals surface area contributed by atoms with Gasteiger partial charge in [-0.3, -0.25) is 0 Å². The highest BCUT2D eigenvalue weighted by molar-refractivity contribution is 5.37. The standard InChI is InChI=1S/C14H16FN3O/c1-18-5-4-17-14(18)9-16-8-12-7-10-6-11(15)2-3-13(10)19-12/h2-6,12,16H,7-9H2,1H3. The minimum absolute atomic E-state index is 0.0667. The Morgan fingerprint density at radius 3 is 3.21 bits per heavy atom. The van der Waals surface area contributed by atoms with Gasteiger partial charge in [0.15, 0.2) is 0 Å². The van der Waals surface area contributed by atoms with Crippen LogP contribution in [0.15, 0.2) is 30.6 Å². The van der Waals surface area contributed by atoms with Crippen LogP contribution in [0.1, 0.15) is 11.4 Å². The van der Waals surface area contributed by atoms with Crippen molar-refractivity contribution in [2.75, 3.05) is 6.54 Å². The lowest BCUT2D eigenvalue weighted by atomic mass is 10.1. The molecule has 1 unspecified atom stereocenters. The molecule has 0 amide bonds. The molecule has 3 rings (SSSR count). The Kier molecular flexibility index (Phi) is 3.21. The van der Waals surface area contributed by atoms with E-state index in [0.29, 0.717) is 6.54 Å². The fraction of sp³-hybridized carbons (Fsp3) is 0.357. The second-order valence-electron chi connectivity index (χ2n) is 4.78. The monoisotopic (exact) mass is 261 g/mol. The van der Waals surface area contributed by atoms with Crippen molar-refractivity contribution in [1.29, 1.82) is 0 Å². The van der Waals surface area contributed by atoms with Crippen LogP contribution in [-0.2, 0) is 20.0 Å². The SMILES string of the molecule is Cn1ccnc1CNCC1Cc2cc(F)ccc2O1. The van der Waals surface area contributed by atoms with Gasteiger partial charge in [0, 0.05) is 38.0 Å². The third-order valence-electron chi connectivity index (χ3n) is 3.34. The van der Waals surface area contributed by atoms with Crippen LogP contribution in [0.2, 0.25) is 0 Å². The van der Waals surface area contributed by atoms with Crippen LogP contribution in [-0.4, -0.2) is 22.2 Å². The van der Waals surface area contributed by atoms with E-state index in [9.17, 15) is 4.39 Å². The molecule has 2 heterocycles. The number of rotatable bonds is 4. The van der Waals surface area contributed by atoms with Gasteiger partial charge < -0.3 is 14.6 Å². The van der Waals surface area contributed by atoms with Crippen LogP contribution >= 0.6 is 0 Å². The van der Waals surface area contributed by atoms with Crippen LogP contribution in [0.3, 0.4) is 0 Å². The molecule has 1 N–H and O–H groups in total. The molecule has 0 bridgehead atoms. The fourth-order valence-electron chi connectivity index (χ4n) is 2.31. The largest absolute Gasteiger partial charge is 0.488 e. The minimum Gasteiger partial charge on any atom is -0.488 e. The predicted molar refractivity (Wildman–Crippen MR) is 69.4 cm³/mol. The molecule has 100 valence electrons. The smallest absolute Gasteiger partial charge is 0.123 e. The summed E-state index contributed by atoms with van der Waals surface area (Å²) in [6, 6.07) is 4.68. The molecule has 5 heteroatoms. The summed E-state index contributed by atoms with van der Waals surface area (Å²) in [4.78, 5) is 4.24. The Morgan fingerprint density at radius 2 is 2.42 bits per heavy atom. The number of ether oxygens (including phenoxy) is 1. The quantitative estimate of drug-likeness (QED) is 0.909. The van der Waals surface area contributed by atoms with E-state index >= 15 is 0 Å². The maximum absolute atomic E-state index is 13.1. The van der Waals surface area contributed by atoms with Crippen molar-refractivity contribution in [2.45, 2.75) is 19.1 Å². The van der Waals surface area contributed by atoms with Crippen LogP contribution < -0.4 is 10.1 Å². The summed E-state index contributed by atoms with van der Waals surface area (Å²) in [6.45, 7) is 1.43. The average Bonchev–Trinajstić information content (AvgIpc) is 2.95. The molecule has 1 aliphatic rings. The molecule has 0 saturated carbocycles. The van der Waals surface area contributed by atoms with Gasteiger partial charge >= 0.3 is 0 Å². The minimum atomic E-state index is -0.205. The summed E-state index contributed by atoms with van der Waals surface area (Å²) in [5, 5.41) is 3.32. The van der Waals surface area contributed by atoms with Crippen LogP contribution in [0.5, 0.6) is 5.75 Å². The molecule has 0 spiro atoms. The Morgan fingerprint density at radius 1 is 1.53 bits per heavy atom. The molecular weight excluding hydrogens is 245 g/mol. The molecule has 0 aliphatic carbocycles. The number of nitrogens with one attached hydrogen (secondary N) is 1. The third-order valence-corrected chi connectivity index (χ3v) is 3.34. The summed E-state index contributed by atoms with van der Waals surface area (Å²) in [5.74, 6) is 1.58. The van der Waals surface area contributed by atoms with Crippen LogP contribution in [0.4, 0.5) is 4.39 Å². The van der Waals surface area contributed by atoms with Crippen molar-refractivity contribution >= 4 is 0 Å². The van der Waals surface area contributed by atoms with Gasteiger partial charge in [-0.15, -0.1) is 0 Å². The van der Waals surface area contributed by atoms with Gasteiger partial charge in [0.1, 0.15) is 23.5 Å². The van der Waals surface area contributed by atoms with Gasteiger partial charge in [-0.1, -0.05) is 0 Å². The van der Waals surface area contributed by atoms with E-state index in [1.54, 1.807) is 18.3 Å². The summed E-state index contributed by atoms with van der Waals surface area (Å²) in [6.07, 6.45) is 4.52. The first kappa shape index (κ1) is 12.2. The van der Waals surface area contributed by atoms with Gasteiger partial charge in [0.05, 0.1) is 6.54 Å². The lowest BCUT2D eigenvalue weighted by Gasteiger charge is -2.11. The van der Waals surface area contributed by atoms with E-state index in [-0.39, 0.29) is 11.9 Å². The molecule has 2 aromatic rings. The van der Waals surface area contributed by atoms with E-state index in [4.69, 9.17) is 4.74 Å². The molecule has 19 heavy (non-hydrogen) atoms. The van der Waals surface area contributed by atoms with Crippen molar-refractivity contribution < 1.29 is 9.13 Å². The molecule has 0 saturated heterocycles. The van der Waals surface area contributed by atoms with E-state index in [2.05, 4.69) is 10.3 Å². The first-order chi connectivity index (χ1) is 9.22. The number of fused-ring (bicyclic) bond motifs is 1. The number of nitrogens with zero attached hydrogens (tertiary/aromatic N) is 2. The summed E-state index contributed by atoms with van der Waals surface area (Å²) in [7, 11) is 1.97. The number of aromatic nitrogens is 2. The van der Waals surface area contributed by atoms with Crippen LogP contribution in [0, 0.1) is 5.82 Å². The maximum atomic E-state index is 13.1. The molecule has 0 radical (unpaired) electrons. The lowest BCUT2D eigenvalue weighted by Crippen LogP contribution is -2.30. The summed E-state index contributed by atoms with van der Waals surface area (Å²) in [5.41, 5.74) is 0.948. The molecule has 0 fully saturated rings. The first-order valence-electron chi connectivity index (χ1n) is 6.34. The van der Waals surface area contributed by atoms with Crippen molar-refractivity contribution in [2.24, 2.45) is 7.05 Å². The van der Waals surface area contributed by atoms with Crippen molar-refractivity contribution in [3.05, 3.63) is 47.8 Å². The van der Waals surface area contributed by atoms with Crippen molar-refractivity contribution in [3.8, 4) is 5.75 Å². The zero-order chi connectivity index (χ0) is 13.2. The summed E-state index contributed by atoms with van der Waals surface area (Å²) >= 11 is 0. The Labute approximate surface area is 111 Å². The maximum Gasteiger partial charge on any atom is 0.123 e.